The number of hydrogen-bond acceptors (Lipinski definition) is 4. The van der Waals surface area contributed by atoms with Gasteiger partial charge in [-0.1, -0.05) is 53.5 Å². The molecule has 4 rings (SSSR count). The highest BCUT2D eigenvalue weighted by atomic mass is 35.5. The minimum Gasteiger partial charge on any atom is -0.461 e. The number of pyridine rings is 1. The first-order chi connectivity index (χ1) is 13.6. The van der Waals surface area contributed by atoms with Gasteiger partial charge < -0.3 is 4.74 Å². The molecule has 0 saturated carbocycles. The molecule has 2 aromatic heterocycles. The van der Waals surface area contributed by atoms with Gasteiger partial charge >= 0.3 is 5.97 Å². The second-order valence-electron chi connectivity index (χ2n) is 6.35. The number of allylic oxidation sites excluding steroid dienone is 1. The maximum absolute atomic E-state index is 12.5. The molecule has 0 radical (unpaired) electrons. The van der Waals surface area contributed by atoms with Crippen LogP contribution in [-0.2, 0) is 11.2 Å². The fraction of sp³-hybridized carbons (Fsp3) is 0.190. The number of carbonyl (C=O) groups excluding carboxylic acids is 1. The molecule has 1 aromatic carbocycles. The third-order valence-electron chi connectivity index (χ3n) is 4.53. The van der Waals surface area contributed by atoms with E-state index in [2.05, 4.69) is 16.2 Å². The molecule has 3 aromatic rings. The molecule has 0 aliphatic heterocycles. The van der Waals surface area contributed by atoms with Gasteiger partial charge in [0.1, 0.15) is 0 Å². The van der Waals surface area contributed by atoms with Crippen LogP contribution in [0.3, 0.4) is 0 Å². The molecule has 1 aliphatic carbocycles. The van der Waals surface area contributed by atoms with Crippen molar-refractivity contribution in [2.24, 2.45) is 0 Å². The van der Waals surface area contributed by atoms with E-state index in [0.717, 1.165) is 28.8 Å². The van der Waals surface area contributed by atoms with Crippen LogP contribution >= 0.6 is 23.2 Å². The molecule has 5 nitrogen and oxygen atoms in total. The van der Waals surface area contributed by atoms with Crippen LogP contribution in [0.4, 0.5) is 0 Å². The number of hydrogen-bond donors (Lipinski definition) is 0. The predicted molar refractivity (Wildman–Crippen MR) is 110 cm³/mol. The van der Waals surface area contributed by atoms with Gasteiger partial charge in [-0.25, -0.2) is 14.5 Å². The Hall–Kier alpha value is -2.63. The van der Waals surface area contributed by atoms with Crippen molar-refractivity contribution in [3.8, 4) is 5.82 Å². The van der Waals surface area contributed by atoms with Crippen molar-refractivity contribution < 1.29 is 9.53 Å². The lowest BCUT2D eigenvalue weighted by molar-refractivity contribution is 0.0517. The van der Waals surface area contributed by atoms with Crippen molar-refractivity contribution in [1.29, 1.82) is 0 Å². The van der Waals surface area contributed by atoms with Crippen molar-refractivity contribution >= 4 is 40.8 Å². The monoisotopic (exact) mass is 413 g/mol. The Labute approximate surface area is 172 Å². The van der Waals surface area contributed by atoms with E-state index in [1.807, 2.05) is 30.3 Å². The first-order valence-electron chi connectivity index (χ1n) is 8.95. The van der Waals surface area contributed by atoms with Crippen molar-refractivity contribution in [3.63, 3.8) is 0 Å². The number of fused-ring (bicyclic) bond motifs is 1. The molecule has 0 fully saturated rings. The number of aromatic nitrogens is 3. The quantitative estimate of drug-likeness (QED) is 0.548. The summed E-state index contributed by atoms with van der Waals surface area (Å²) in [5, 5.41) is 5.31. The van der Waals surface area contributed by atoms with Gasteiger partial charge in [-0.15, -0.1) is 0 Å². The van der Waals surface area contributed by atoms with Crippen LogP contribution in [0.15, 0.2) is 42.6 Å². The summed E-state index contributed by atoms with van der Waals surface area (Å²) in [5.74, 6) is -0.0118. The zero-order chi connectivity index (χ0) is 19.7. The van der Waals surface area contributed by atoms with Crippen LogP contribution in [0.2, 0.25) is 10.0 Å². The van der Waals surface area contributed by atoms with Crippen molar-refractivity contribution in [1.82, 2.24) is 14.8 Å². The molecule has 0 spiro atoms. The fourth-order valence-corrected chi connectivity index (χ4v) is 3.83. The molecule has 7 heteroatoms. The second kappa shape index (κ2) is 7.78. The molecule has 2 heterocycles. The number of benzene rings is 1. The van der Waals surface area contributed by atoms with Gasteiger partial charge in [0.2, 0.25) is 0 Å². The number of halogens is 2. The van der Waals surface area contributed by atoms with Gasteiger partial charge in [-0.3, -0.25) is 0 Å². The third kappa shape index (κ3) is 3.43. The smallest absolute Gasteiger partial charge is 0.359 e. The van der Waals surface area contributed by atoms with E-state index in [-0.39, 0.29) is 6.61 Å². The van der Waals surface area contributed by atoms with Crippen LogP contribution < -0.4 is 0 Å². The normalized spacial score (nSPS) is 14.3. The van der Waals surface area contributed by atoms with Crippen LogP contribution in [0.25, 0.3) is 17.5 Å². The predicted octanol–water partition coefficient (Wildman–Crippen LogP) is 5.24. The van der Waals surface area contributed by atoms with Gasteiger partial charge in [0.25, 0.3) is 0 Å². The standard InChI is InChI=1S/C21H17Cl2N3O2/c1-2-28-21(27)18-16-9-8-14(10-13-6-4-3-5-7-13)19(16)26(25-18)20-17(23)11-15(22)12-24-20/h3-7,10-12H,2,8-9H2,1H3/b14-10+. The van der Waals surface area contributed by atoms with E-state index >= 15 is 0 Å². The third-order valence-corrected chi connectivity index (χ3v) is 5.02. The van der Waals surface area contributed by atoms with Gasteiger partial charge in [0.15, 0.2) is 11.5 Å². The van der Waals surface area contributed by atoms with Gasteiger partial charge in [0.05, 0.1) is 22.3 Å². The second-order valence-corrected chi connectivity index (χ2v) is 7.19. The highest BCUT2D eigenvalue weighted by molar-refractivity contribution is 6.35. The SMILES string of the molecule is CCOC(=O)c1nn(-c2ncc(Cl)cc2Cl)c2c1CC/C2=C\c1ccccc1. The van der Waals surface area contributed by atoms with Crippen LogP contribution in [-0.4, -0.2) is 27.3 Å². The van der Waals surface area contributed by atoms with E-state index < -0.39 is 5.97 Å². The summed E-state index contributed by atoms with van der Waals surface area (Å²) in [6.45, 7) is 2.06. The Morgan fingerprint density at radius 3 is 2.75 bits per heavy atom. The molecule has 0 N–H and O–H groups in total. The zero-order valence-electron chi connectivity index (χ0n) is 15.2. The van der Waals surface area contributed by atoms with Crippen LogP contribution in [0.1, 0.15) is 40.7 Å². The summed E-state index contributed by atoms with van der Waals surface area (Å²) in [7, 11) is 0. The fourth-order valence-electron chi connectivity index (χ4n) is 3.37. The number of ether oxygens (including phenoxy) is 1. The number of nitrogens with zero attached hydrogens (tertiary/aromatic N) is 3. The minimum absolute atomic E-state index is 0.285. The Kier molecular flexibility index (Phi) is 5.20. The molecule has 0 amide bonds. The number of rotatable bonds is 4. The molecule has 0 unspecified atom stereocenters. The average molecular weight is 414 g/mol. The van der Waals surface area contributed by atoms with Crippen LogP contribution in [0.5, 0.6) is 0 Å². The minimum atomic E-state index is -0.441. The van der Waals surface area contributed by atoms with E-state index in [9.17, 15) is 4.79 Å². The molecule has 28 heavy (non-hydrogen) atoms. The van der Waals surface area contributed by atoms with Crippen molar-refractivity contribution in [2.75, 3.05) is 6.61 Å². The molecular weight excluding hydrogens is 397 g/mol. The molecule has 0 atom stereocenters. The summed E-state index contributed by atoms with van der Waals surface area (Å²) in [4.78, 5) is 16.8. The Morgan fingerprint density at radius 1 is 1.25 bits per heavy atom. The summed E-state index contributed by atoms with van der Waals surface area (Å²) in [6, 6.07) is 11.6. The summed E-state index contributed by atoms with van der Waals surface area (Å²) in [6.07, 6.45) is 5.10. The Bertz CT molecular complexity index is 1070. The summed E-state index contributed by atoms with van der Waals surface area (Å²) < 4.78 is 6.82. The lowest BCUT2D eigenvalue weighted by Gasteiger charge is -2.09. The Balaban J connectivity index is 1.90. The van der Waals surface area contributed by atoms with Gasteiger partial charge in [0, 0.05) is 11.8 Å². The first kappa shape index (κ1) is 18.7. The number of carbonyl (C=O) groups is 1. The lowest BCUT2D eigenvalue weighted by Crippen LogP contribution is -2.09. The largest absolute Gasteiger partial charge is 0.461 e. The maximum Gasteiger partial charge on any atom is 0.359 e. The number of esters is 1. The summed E-state index contributed by atoms with van der Waals surface area (Å²) >= 11 is 12.4. The first-order valence-corrected chi connectivity index (χ1v) is 9.70. The van der Waals surface area contributed by atoms with E-state index in [4.69, 9.17) is 27.9 Å². The zero-order valence-corrected chi connectivity index (χ0v) is 16.7. The molecular formula is C21H17Cl2N3O2. The van der Waals surface area contributed by atoms with Crippen LogP contribution in [0, 0.1) is 0 Å². The van der Waals surface area contributed by atoms with Crippen molar-refractivity contribution in [3.05, 3.63) is 75.2 Å². The van der Waals surface area contributed by atoms with E-state index in [0.29, 0.717) is 28.0 Å². The maximum atomic E-state index is 12.5. The topological polar surface area (TPSA) is 57.0 Å². The van der Waals surface area contributed by atoms with Gasteiger partial charge in [-0.2, -0.15) is 5.10 Å². The highest BCUT2D eigenvalue weighted by Crippen LogP contribution is 2.38. The lowest BCUT2D eigenvalue weighted by atomic mass is 10.1. The molecule has 1 aliphatic rings. The Morgan fingerprint density at radius 2 is 2.04 bits per heavy atom. The summed E-state index contributed by atoms with van der Waals surface area (Å²) in [5.41, 5.74) is 4.14. The van der Waals surface area contributed by atoms with Gasteiger partial charge in [-0.05, 0) is 43.0 Å². The van der Waals surface area contributed by atoms with E-state index in [1.165, 1.54) is 6.20 Å². The highest BCUT2D eigenvalue weighted by Gasteiger charge is 2.31. The molecule has 0 saturated heterocycles. The van der Waals surface area contributed by atoms with Crippen molar-refractivity contribution in [2.45, 2.75) is 19.8 Å². The van der Waals surface area contributed by atoms with E-state index in [1.54, 1.807) is 17.7 Å². The average Bonchev–Trinajstić information content (AvgIpc) is 3.24. The molecule has 142 valence electrons. The molecule has 0 bridgehead atoms.